The van der Waals surface area contributed by atoms with Gasteiger partial charge in [0.2, 0.25) is 0 Å². The maximum atomic E-state index is 4.60. The van der Waals surface area contributed by atoms with Crippen molar-refractivity contribution >= 4 is 41.3 Å². The number of aryl methyl sites for hydroxylation is 2. The molecule has 1 unspecified atom stereocenters. The van der Waals surface area contributed by atoms with Gasteiger partial charge in [0.15, 0.2) is 5.96 Å². The Bertz CT molecular complexity index is 764. The Kier molecular flexibility index (Phi) is 9.36. The van der Waals surface area contributed by atoms with Crippen LogP contribution in [0.3, 0.4) is 0 Å². The minimum absolute atomic E-state index is 0. The zero-order valence-electron chi connectivity index (χ0n) is 17.9. The number of rotatable bonds is 7. The first-order valence-corrected chi connectivity index (χ1v) is 11.0. The summed E-state index contributed by atoms with van der Waals surface area (Å²) in [6.45, 7) is 8.02. The molecular weight excluding hydrogens is 493 g/mol. The number of aliphatic imine (C=N–C) groups is 1. The maximum Gasteiger partial charge on any atom is 0.191 e. The van der Waals surface area contributed by atoms with Crippen molar-refractivity contribution in [1.29, 1.82) is 0 Å². The molecule has 1 atom stereocenters. The molecule has 5 nitrogen and oxygen atoms in total. The zero-order valence-corrected chi connectivity index (χ0v) is 21.1. The fourth-order valence-electron chi connectivity index (χ4n) is 3.96. The summed E-state index contributed by atoms with van der Waals surface area (Å²) in [5, 5.41) is 12.0. The molecule has 3 N–H and O–H groups in total. The molecule has 1 saturated carbocycles. The van der Waals surface area contributed by atoms with E-state index in [0.717, 1.165) is 23.2 Å². The second kappa shape index (κ2) is 11.3. The number of nitrogens with one attached hydrogen (secondary N) is 3. The van der Waals surface area contributed by atoms with E-state index < -0.39 is 0 Å². The van der Waals surface area contributed by atoms with Gasteiger partial charge in [-0.15, -0.1) is 35.3 Å². The van der Waals surface area contributed by atoms with Gasteiger partial charge >= 0.3 is 0 Å². The summed E-state index contributed by atoms with van der Waals surface area (Å²) in [5.74, 6) is 0.839. The molecule has 160 valence electrons. The predicted octanol–water partition coefficient (Wildman–Crippen LogP) is 4.71. The van der Waals surface area contributed by atoms with E-state index in [1.165, 1.54) is 36.1 Å². The summed E-state index contributed by atoms with van der Waals surface area (Å²) in [7, 11) is 1.83. The van der Waals surface area contributed by atoms with Crippen molar-refractivity contribution in [3.8, 4) is 0 Å². The molecule has 0 aliphatic heterocycles. The summed E-state index contributed by atoms with van der Waals surface area (Å²) >= 11 is 1.75. The Hall–Kier alpha value is -1.19. The first-order valence-electron chi connectivity index (χ1n) is 10.2. The van der Waals surface area contributed by atoms with Crippen LogP contribution in [0.4, 0.5) is 0 Å². The molecule has 1 fully saturated rings. The van der Waals surface area contributed by atoms with Crippen LogP contribution < -0.4 is 16.0 Å². The van der Waals surface area contributed by atoms with Crippen LogP contribution in [0.2, 0.25) is 0 Å². The molecule has 3 rings (SSSR count). The lowest BCUT2D eigenvalue weighted by Crippen LogP contribution is -2.54. The van der Waals surface area contributed by atoms with Crippen LogP contribution in [0, 0.1) is 13.8 Å². The second-order valence-electron chi connectivity index (χ2n) is 7.79. The Morgan fingerprint density at radius 2 is 1.86 bits per heavy atom. The van der Waals surface area contributed by atoms with Crippen LogP contribution >= 0.6 is 35.3 Å². The molecule has 1 aliphatic carbocycles. The fraction of sp³-hybridized carbons (Fsp3) is 0.545. The molecule has 2 aromatic rings. The van der Waals surface area contributed by atoms with E-state index in [0.29, 0.717) is 12.6 Å². The maximum absolute atomic E-state index is 4.60. The van der Waals surface area contributed by atoms with Crippen LogP contribution in [0.5, 0.6) is 0 Å². The lowest BCUT2D eigenvalue weighted by molar-refractivity contribution is 0.297. The standard InChI is InChI=1S/C22H33N5S.HI/c1-16-18(3)28-20(26-16)14-24-21(23-4)25-15-22(12-8-9-13-22)27-17(2)19-10-6-5-7-11-19;/h5-7,10-11,17,27H,8-9,12-15H2,1-4H3,(H2,23,24,25);1H. The van der Waals surface area contributed by atoms with Crippen LogP contribution in [-0.2, 0) is 6.54 Å². The zero-order chi connectivity index (χ0) is 20.0. The number of aromatic nitrogens is 1. The summed E-state index contributed by atoms with van der Waals surface area (Å²) in [4.78, 5) is 10.3. The summed E-state index contributed by atoms with van der Waals surface area (Å²) in [6.07, 6.45) is 4.94. The normalized spacial score (nSPS) is 16.9. The van der Waals surface area contributed by atoms with Crippen molar-refractivity contribution in [1.82, 2.24) is 20.9 Å². The number of guanidine groups is 1. The monoisotopic (exact) mass is 527 g/mol. The van der Waals surface area contributed by atoms with E-state index in [1.54, 1.807) is 11.3 Å². The average Bonchev–Trinajstić information content (AvgIpc) is 3.29. The fourth-order valence-corrected chi connectivity index (χ4v) is 4.83. The highest BCUT2D eigenvalue weighted by Gasteiger charge is 2.35. The highest BCUT2D eigenvalue weighted by Crippen LogP contribution is 2.31. The van der Waals surface area contributed by atoms with Gasteiger partial charge < -0.3 is 16.0 Å². The van der Waals surface area contributed by atoms with Crippen molar-refractivity contribution in [2.75, 3.05) is 13.6 Å². The molecule has 1 aromatic carbocycles. The van der Waals surface area contributed by atoms with Crippen LogP contribution in [-0.4, -0.2) is 30.1 Å². The predicted molar refractivity (Wildman–Crippen MR) is 134 cm³/mol. The van der Waals surface area contributed by atoms with Gasteiger partial charge in [-0.3, -0.25) is 4.99 Å². The number of hydrogen-bond acceptors (Lipinski definition) is 4. The number of thiazole rings is 1. The minimum atomic E-state index is 0. The molecular formula is C22H34IN5S. The van der Waals surface area contributed by atoms with E-state index >= 15 is 0 Å². The number of nitrogens with zero attached hydrogens (tertiary/aromatic N) is 2. The number of halogens is 1. The number of benzene rings is 1. The van der Waals surface area contributed by atoms with Gasteiger partial charge in [-0.05, 0) is 39.2 Å². The average molecular weight is 528 g/mol. The molecule has 0 spiro atoms. The quantitative estimate of drug-likeness (QED) is 0.278. The molecule has 29 heavy (non-hydrogen) atoms. The van der Waals surface area contributed by atoms with Gasteiger partial charge in [0, 0.05) is 30.1 Å². The van der Waals surface area contributed by atoms with Gasteiger partial charge in [-0.1, -0.05) is 43.2 Å². The smallest absolute Gasteiger partial charge is 0.191 e. The molecule has 1 heterocycles. The minimum Gasteiger partial charge on any atom is -0.355 e. The van der Waals surface area contributed by atoms with Crippen LogP contribution in [0.25, 0.3) is 0 Å². The largest absolute Gasteiger partial charge is 0.355 e. The van der Waals surface area contributed by atoms with E-state index in [4.69, 9.17) is 0 Å². The van der Waals surface area contributed by atoms with Gasteiger partial charge in [0.1, 0.15) is 5.01 Å². The van der Waals surface area contributed by atoms with E-state index in [1.807, 2.05) is 7.05 Å². The Morgan fingerprint density at radius 3 is 2.45 bits per heavy atom. The first-order chi connectivity index (χ1) is 13.5. The Labute approximate surface area is 196 Å². The number of hydrogen-bond donors (Lipinski definition) is 3. The topological polar surface area (TPSA) is 61.3 Å². The van der Waals surface area contributed by atoms with Gasteiger partial charge in [0.25, 0.3) is 0 Å². The van der Waals surface area contributed by atoms with Gasteiger partial charge in [-0.25, -0.2) is 4.98 Å². The Balaban J connectivity index is 0.00000300. The van der Waals surface area contributed by atoms with Crippen molar-refractivity contribution in [3.63, 3.8) is 0 Å². The molecule has 1 aliphatic rings. The van der Waals surface area contributed by atoms with Crippen molar-refractivity contribution < 1.29 is 0 Å². The van der Waals surface area contributed by atoms with Gasteiger partial charge in [-0.2, -0.15) is 0 Å². The third kappa shape index (κ3) is 6.65. The highest BCUT2D eigenvalue weighted by molar-refractivity contribution is 14.0. The Morgan fingerprint density at radius 1 is 1.17 bits per heavy atom. The van der Waals surface area contributed by atoms with Gasteiger partial charge in [0.05, 0.1) is 12.2 Å². The summed E-state index contributed by atoms with van der Waals surface area (Å²) in [5.41, 5.74) is 2.57. The summed E-state index contributed by atoms with van der Waals surface area (Å²) < 4.78 is 0. The van der Waals surface area contributed by atoms with E-state index in [-0.39, 0.29) is 29.5 Å². The van der Waals surface area contributed by atoms with Crippen molar-refractivity contribution in [2.24, 2.45) is 4.99 Å². The van der Waals surface area contributed by atoms with E-state index in [2.05, 4.69) is 77.0 Å². The molecule has 7 heteroatoms. The van der Waals surface area contributed by atoms with Crippen LogP contribution in [0.15, 0.2) is 35.3 Å². The van der Waals surface area contributed by atoms with E-state index in [9.17, 15) is 0 Å². The molecule has 0 saturated heterocycles. The highest BCUT2D eigenvalue weighted by atomic mass is 127. The lowest BCUT2D eigenvalue weighted by atomic mass is 9.94. The van der Waals surface area contributed by atoms with Crippen LogP contribution in [0.1, 0.15) is 59.8 Å². The van der Waals surface area contributed by atoms with Crippen molar-refractivity contribution in [2.45, 2.75) is 64.6 Å². The molecule has 0 amide bonds. The molecule has 0 bridgehead atoms. The lowest BCUT2D eigenvalue weighted by Gasteiger charge is -2.34. The molecule has 0 radical (unpaired) electrons. The van der Waals surface area contributed by atoms with Crippen molar-refractivity contribution in [3.05, 3.63) is 51.5 Å². The third-order valence-corrected chi connectivity index (χ3v) is 6.75. The first kappa shape index (κ1) is 24.1. The third-order valence-electron chi connectivity index (χ3n) is 5.68. The second-order valence-corrected chi connectivity index (χ2v) is 9.08. The SMILES string of the molecule is CN=C(NCc1nc(C)c(C)s1)NCC1(NC(C)c2ccccc2)CCCC1.I. The summed E-state index contributed by atoms with van der Waals surface area (Å²) in [6, 6.07) is 11.0. The molecule has 1 aromatic heterocycles.